The number of nitrogens with zero attached hydrogens (tertiary/aromatic N) is 2. The lowest BCUT2D eigenvalue weighted by molar-refractivity contribution is 0.109. The minimum Gasteiger partial charge on any atom is -0.380 e. The molecule has 0 fully saturated rings. The Kier molecular flexibility index (Phi) is 7.69. The summed E-state index contributed by atoms with van der Waals surface area (Å²) in [4.78, 5) is 0. The fourth-order valence-electron chi connectivity index (χ4n) is 1.90. The topological polar surface area (TPSA) is 39.1 Å². The van der Waals surface area contributed by atoms with Crippen molar-refractivity contribution in [3.63, 3.8) is 0 Å². The molecule has 4 nitrogen and oxygen atoms in total. The fourth-order valence-corrected chi connectivity index (χ4v) is 1.90. The number of nitrogens with one attached hydrogen (secondary N) is 1. The number of rotatable bonds is 10. The van der Waals surface area contributed by atoms with Crippen LogP contribution in [0.1, 0.15) is 38.7 Å². The molecule has 1 aromatic rings. The van der Waals surface area contributed by atoms with Crippen molar-refractivity contribution in [2.24, 2.45) is 7.05 Å². The van der Waals surface area contributed by atoms with Gasteiger partial charge in [0.15, 0.2) is 0 Å². The second kappa shape index (κ2) is 9.11. The fraction of sp³-hybridized carbons (Fsp3) is 0.786. The Bertz CT molecular complexity index is 312. The van der Waals surface area contributed by atoms with E-state index in [1.807, 2.05) is 17.9 Å². The molecule has 0 aliphatic heterocycles. The number of aryl methyl sites for hydroxylation is 2. The summed E-state index contributed by atoms with van der Waals surface area (Å²) < 4.78 is 7.51. The Morgan fingerprint density at radius 2 is 2.22 bits per heavy atom. The van der Waals surface area contributed by atoms with Crippen LogP contribution >= 0.6 is 0 Å². The molecule has 0 aromatic carbocycles. The average Bonchev–Trinajstić information content (AvgIpc) is 2.78. The summed E-state index contributed by atoms with van der Waals surface area (Å²) >= 11 is 0. The van der Waals surface area contributed by atoms with Crippen LogP contribution in [0, 0.1) is 0 Å². The molecule has 1 N–H and O–H groups in total. The molecule has 0 radical (unpaired) electrons. The van der Waals surface area contributed by atoms with Gasteiger partial charge in [0.25, 0.3) is 0 Å². The van der Waals surface area contributed by atoms with Gasteiger partial charge in [0.05, 0.1) is 12.8 Å². The first-order valence-electron chi connectivity index (χ1n) is 7.04. The minimum atomic E-state index is 0.455. The molecule has 1 aromatic heterocycles. The van der Waals surface area contributed by atoms with E-state index < -0.39 is 0 Å². The SMILES string of the molecule is CCCNC(CCc1cnn(C)c1)COCCC. The highest BCUT2D eigenvalue weighted by Crippen LogP contribution is 2.05. The lowest BCUT2D eigenvalue weighted by Crippen LogP contribution is -2.34. The van der Waals surface area contributed by atoms with Gasteiger partial charge in [-0.05, 0) is 37.8 Å². The van der Waals surface area contributed by atoms with Crippen LogP contribution in [0.25, 0.3) is 0 Å². The summed E-state index contributed by atoms with van der Waals surface area (Å²) in [5.74, 6) is 0. The summed E-state index contributed by atoms with van der Waals surface area (Å²) in [6, 6.07) is 0.455. The quantitative estimate of drug-likeness (QED) is 0.649. The summed E-state index contributed by atoms with van der Waals surface area (Å²) in [6.07, 6.45) is 8.45. The van der Waals surface area contributed by atoms with Gasteiger partial charge >= 0.3 is 0 Å². The Balaban J connectivity index is 2.29. The molecule has 0 saturated heterocycles. The van der Waals surface area contributed by atoms with Crippen molar-refractivity contribution in [1.82, 2.24) is 15.1 Å². The van der Waals surface area contributed by atoms with Gasteiger partial charge in [-0.15, -0.1) is 0 Å². The maximum atomic E-state index is 5.65. The van der Waals surface area contributed by atoms with E-state index in [2.05, 4.69) is 30.5 Å². The molecule has 1 heterocycles. The second-order valence-electron chi connectivity index (χ2n) is 4.79. The lowest BCUT2D eigenvalue weighted by Gasteiger charge is -2.18. The number of ether oxygens (including phenoxy) is 1. The molecule has 0 spiro atoms. The zero-order chi connectivity index (χ0) is 13.2. The van der Waals surface area contributed by atoms with E-state index >= 15 is 0 Å². The van der Waals surface area contributed by atoms with E-state index in [1.165, 1.54) is 5.56 Å². The monoisotopic (exact) mass is 253 g/mol. The van der Waals surface area contributed by atoms with Crippen molar-refractivity contribution in [1.29, 1.82) is 0 Å². The Labute approximate surface area is 111 Å². The van der Waals surface area contributed by atoms with E-state index in [4.69, 9.17) is 4.74 Å². The van der Waals surface area contributed by atoms with Crippen LogP contribution in [0.4, 0.5) is 0 Å². The van der Waals surface area contributed by atoms with Crippen molar-refractivity contribution in [3.05, 3.63) is 18.0 Å². The van der Waals surface area contributed by atoms with E-state index in [0.29, 0.717) is 6.04 Å². The maximum Gasteiger partial charge on any atom is 0.0619 e. The zero-order valence-corrected chi connectivity index (χ0v) is 12.0. The highest BCUT2D eigenvalue weighted by Gasteiger charge is 2.08. The van der Waals surface area contributed by atoms with Crippen LogP contribution in [0.2, 0.25) is 0 Å². The highest BCUT2D eigenvalue weighted by atomic mass is 16.5. The van der Waals surface area contributed by atoms with Gasteiger partial charge in [0.1, 0.15) is 0 Å². The minimum absolute atomic E-state index is 0.455. The van der Waals surface area contributed by atoms with Crippen molar-refractivity contribution in [3.8, 4) is 0 Å². The highest BCUT2D eigenvalue weighted by molar-refractivity contribution is 5.03. The van der Waals surface area contributed by atoms with Gasteiger partial charge in [-0.25, -0.2) is 0 Å². The zero-order valence-electron chi connectivity index (χ0n) is 12.0. The number of hydrogen-bond donors (Lipinski definition) is 1. The largest absolute Gasteiger partial charge is 0.380 e. The predicted octanol–water partition coefficient (Wildman–Crippen LogP) is 2.15. The van der Waals surface area contributed by atoms with E-state index in [-0.39, 0.29) is 0 Å². The summed E-state index contributed by atoms with van der Waals surface area (Å²) in [5.41, 5.74) is 1.30. The Morgan fingerprint density at radius 3 is 2.83 bits per heavy atom. The van der Waals surface area contributed by atoms with Crippen molar-refractivity contribution < 1.29 is 4.74 Å². The normalized spacial score (nSPS) is 12.8. The number of aromatic nitrogens is 2. The first kappa shape index (κ1) is 15.2. The molecule has 0 bridgehead atoms. The maximum absolute atomic E-state index is 5.65. The van der Waals surface area contributed by atoms with Crippen LogP contribution in [0.3, 0.4) is 0 Å². The van der Waals surface area contributed by atoms with Gasteiger partial charge in [-0.1, -0.05) is 13.8 Å². The van der Waals surface area contributed by atoms with Gasteiger partial charge in [-0.2, -0.15) is 5.10 Å². The molecule has 0 aliphatic carbocycles. The molecular formula is C14H27N3O. The third kappa shape index (κ3) is 6.17. The standard InChI is InChI=1S/C14H27N3O/c1-4-8-15-14(12-18-9-5-2)7-6-13-10-16-17(3)11-13/h10-11,14-15H,4-9,12H2,1-3H3. The van der Waals surface area contributed by atoms with E-state index in [0.717, 1.165) is 45.4 Å². The Hall–Kier alpha value is -0.870. The molecule has 0 amide bonds. The second-order valence-corrected chi connectivity index (χ2v) is 4.79. The van der Waals surface area contributed by atoms with Crippen molar-refractivity contribution in [2.75, 3.05) is 19.8 Å². The molecule has 4 heteroatoms. The van der Waals surface area contributed by atoms with Gasteiger partial charge in [-0.3, -0.25) is 4.68 Å². The van der Waals surface area contributed by atoms with Crippen LogP contribution in [-0.2, 0) is 18.2 Å². The van der Waals surface area contributed by atoms with Gasteiger partial charge < -0.3 is 10.1 Å². The van der Waals surface area contributed by atoms with Gasteiger partial charge in [0.2, 0.25) is 0 Å². The summed E-state index contributed by atoms with van der Waals surface area (Å²) in [5, 5.41) is 7.75. The first-order valence-corrected chi connectivity index (χ1v) is 7.04. The summed E-state index contributed by atoms with van der Waals surface area (Å²) in [6.45, 7) is 7.07. The number of hydrogen-bond acceptors (Lipinski definition) is 3. The van der Waals surface area contributed by atoms with Crippen LogP contribution in [0.15, 0.2) is 12.4 Å². The first-order chi connectivity index (χ1) is 8.76. The molecule has 18 heavy (non-hydrogen) atoms. The van der Waals surface area contributed by atoms with E-state index in [9.17, 15) is 0 Å². The van der Waals surface area contributed by atoms with Crippen LogP contribution in [0.5, 0.6) is 0 Å². The molecule has 0 saturated carbocycles. The molecule has 0 aliphatic rings. The smallest absolute Gasteiger partial charge is 0.0619 e. The molecular weight excluding hydrogens is 226 g/mol. The molecule has 1 atom stereocenters. The summed E-state index contributed by atoms with van der Waals surface area (Å²) in [7, 11) is 1.96. The lowest BCUT2D eigenvalue weighted by atomic mass is 10.1. The van der Waals surface area contributed by atoms with Crippen LogP contribution in [-0.4, -0.2) is 35.6 Å². The molecule has 104 valence electrons. The predicted molar refractivity (Wildman–Crippen MR) is 74.7 cm³/mol. The Morgan fingerprint density at radius 1 is 1.39 bits per heavy atom. The van der Waals surface area contributed by atoms with Crippen molar-refractivity contribution in [2.45, 2.75) is 45.6 Å². The van der Waals surface area contributed by atoms with E-state index in [1.54, 1.807) is 0 Å². The third-order valence-electron chi connectivity index (χ3n) is 2.89. The van der Waals surface area contributed by atoms with Crippen molar-refractivity contribution >= 4 is 0 Å². The third-order valence-corrected chi connectivity index (χ3v) is 2.89. The van der Waals surface area contributed by atoms with Gasteiger partial charge in [0, 0.05) is 25.9 Å². The molecule has 1 unspecified atom stereocenters. The molecule has 1 rings (SSSR count). The van der Waals surface area contributed by atoms with Crippen LogP contribution < -0.4 is 5.32 Å². The average molecular weight is 253 g/mol.